The van der Waals surface area contributed by atoms with Crippen molar-refractivity contribution in [1.82, 2.24) is 25.4 Å². The van der Waals surface area contributed by atoms with Gasteiger partial charge in [0.25, 0.3) is 0 Å². The van der Waals surface area contributed by atoms with Crippen LogP contribution in [0.2, 0.25) is 0 Å². The average molecular weight is 363 g/mol. The summed E-state index contributed by atoms with van der Waals surface area (Å²) in [5.41, 5.74) is 0.121. The van der Waals surface area contributed by atoms with Gasteiger partial charge in [0.05, 0.1) is 12.6 Å². The first-order valence-corrected chi connectivity index (χ1v) is 10.1. The molecule has 0 bridgehead atoms. The van der Waals surface area contributed by atoms with Crippen LogP contribution in [0.5, 0.6) is 0 Å². The summed E-state index contributed by atoms with van der Waals surface area (Å²) in [6.45, 7) is 11.3. The van der Waals surface area contributed by atoms with E-state index in [-0.39, 0.29) is 5.41 Å². The van der Waals surface area contributed by atoms with Crippen molar-refractivity contribution in [3.05, 3.63) is 12.2 Å². The fraction of sp³-hybridized carbons (Fsp3) is 0.842. The number of nitrogens with zero attached hydrogens (tertiary/aromatic N) is 4. The molecule has 146 valence electrons. The summed E-state index contributed by atoms with van der Waals surface area (Å²) in [7, 11) is 0. The SMILES string of the molecule is CCCCOC1CC(NC(=NCC)NC2CCc3ncnn3C2)C1(C)C. The molecule has 1 aromatic heterocycles. The van der Waals surface area contributed by atoms with Gasteiger partial charge in [-0.1, -0.05) is 27.2 Å². The molecule has 1 aliphatic heterocycles. The second-order valence-electron chi connectivity index (χ2n) is 8.03. The molecular weight excluding hydrogens is 328 g/mol. The zero-order valence-electron chi connectivity index (χ0n) is 16.7. The molecule has 7 heteroatoms. The van der Waals surface area contributed by atoms with Crippen molar-refractivity contribution in [2.24, 2.45) is 10.4 Å². The highest BCUT2D eigenvalue weighted by molar-refractivity contribution is 5.80. The summed E-state index contributed by atoms with van der Waals surface area (Å²) < 4.78 is 8.06. The lowest BCUT2D eigenvalue weighted by atomic mass is 9.64. The molecule has 0 amide bonds. The van der Waals surface area contributed by atoms with Crippen LogP contribution >= 0.6 is 0 Å². The number of rotatable bonds is 7. The lowest BCUT2D eigenvalue weighted by molar-refractivity contribution is -0.113. The number of aromatic nitrogens is 3. The van der Waals surface area contributed by atoms with E-state index in [1.54, 1.807) is 6.33 Å². The van der Waals surface area contributed by atoms with E-state index in [0.29, 0.717) is 18.2 Å². The van der Waals surface area contributed by atoms with E-state index in [1.807, 2.05) is 4.68 Å². The van der Waals surface area contributed by atoms with Gasteiger partial charge < -0.3 is 15.4 Å². The molecule has 3 rings (SSSR count). The first-order valence-electron chi connectivity index (χ1n) is 10.1. The van der Waals surface area contributed by atoms with Crippen molar-refractivity contribution in [2.75, 3.05) is 13.2 Å². The maximum Gasteiger partial charge on any atom is 0.191 e. The first kappa shape index (κ1) is 19.1. The van der Waals surface area contributed by atoms with Crippen molar-refractivity contribution in [3.8, 4) is 0 Å². The minimum atomic E-state index is 0.121. The molecule has 3 atom stereocenters. The molecule has 0 aromatic carbocycles. The number of ether oxygens (including phenoxy) is 1. The van der Waals surface area contributed by atoms with E-state index in [1.165, 1.54) is 6.42 Å². The molecule has 2 heterocycles. The summed E-state index contributed by atoms with van der Waals surface area (Å²) in [5.74, 6) is 1.99. The summed E-state index contributed by atoms with van der Waals surface area (Å²) in [5, 5.41) is 11.6. The van der Waals surface area contributed by atoms with Crippen LogP contribution in [0.15, 0.2) is 11.3 Å². The Morgan fingerprint density at radius 2 is 2.23 bits per heavy atom. The molecule has 7 nitrogen and oxygen atoms in total. The van der Waals surface area contributed by atoms with E-state index in [9.17, 15) is 0 Å². The van der Waals surface area contributed by atoms with Crippen LogP contribution in [-0.4, -0.2) is 52.1 Å². The predicted molar refractivity (Wildman–Crippen MR) is 103 cm³/mol. The van der Waals surface area contributed by atoms with E-state index in [4.69, 9.17) is 4.74 Å². The fourth-order valence-electron chi connectivity index (χ4n) is 3.79. The minimum absolute atomic E-state index is 0.121. The van der Waals surface area contributed by atoms with E-state index in [2.05, 4.69) is 53.4 Å². The minimum Gasteiger partial charge on any atom is -0.378 e. The van der Waals surface area contributed by atoms with Crippen LogP contribution in [-0.2, 0) is 17.7 Å². The zero-order valence-corrected chi connectivity index (χ0v) is 16.7. The van der Waals surface area contributed by atoms with Gasteiger partial charge in [-0.3, -0.25) is 4.99 Å². The van der Waals surface area contributed by atoms with Crippen LogP contribution < -0.4 is 10.6 Å². The lowest BCUT2D eigenvalue weighted by Crippen LogP contribution is -2.64. The van der Waals surface area contributed by atoms with E-state index < -0.39 is 0 Å². The number of fused-ring (bicyclic) bond motifs is 1. The third kappa shape index (κ3) is 4.19. The molecular formula is C19H34N6O. The third-order valence-corrected chi connectivity index (χ3v) is 5.77. The highest BCUT2D eigenvalue weighted by atomic mass is 16.5. The maximum absolute atomic E-state index is 6.07. The van der Waals surface area contributed by atoms with Crippen molar-refractivity contribution in [2.45, 2.75) is 84.5 Å². The summed E-state index contributed by atoms with van der Waals surface area (Å²) in [4.78, 5) is 8.96. The van der Waals surface area contributed by atoms with Gasteiger partial charge in [-0.15, -0.1) is 0 Å². The number of unbranched alkanes of at least 4 members (excludes halogenated alkanes) is 1. The van der Waals surface area contributed by atoms with Gasteiger partial charge in [0.2, 0.25) is 0 Å². The Labute approximate surface area is 157 Å². The Bertz CT molecular complexity index is 611. The van der Waals surface area contributed by atoms with Gasteiger partial charge in [-0.25, -0.2) is 9.67 Å². The maximum atomic E-state index is 6.07. The Morgan fingerprint density at radius 1 is 1.38 bits per heavy atom. The normalized spacial score (nSPS) is 27.5. The van der Waals surface area contributed by atoms with Gasteiger partial charge in [0.15, 0.2) is 5.96 Å². The van der Waals surface area contributed by atoms with E-state index in [0.717, 1.165) is 57.2 Å². The Morgan fingerprint density at radius 3 is 2.96 bits per heavy atom. The number of nitrogens with one attached hydrogen (secondary N) is 2. The van der Waals surface area contributed by atoms with Crippen molar-refractivity contribution < 1.29 is 4.74 Å². The van der Waals surface area contributed by atoms with Crippen LogP contribution in [0.1, 0.15) is 59.2 Å². The summed E-state index contributed by atoms with van der Waals surface area (Å²) in [6.07, 6.45) is 7.36. The van der Waals surface area contributed by atoms with Crippen molar-refractivity contribution >= 4 is 5.96 Å². The van der Waals surface area contributed by atoms with Gasteiger partial charge in [-0.2, -0.15) is 5.10 Å². The molecule has 1 aromatic rings. The lowest BCUT2D eigenvalue weighted by Gasteiger charge is -2.52. The first-order chi connectivity index (χ1) is 12.5. The Hall–Kier alpha value is -1.63. The van der Waals surface area contributed by atoms with Crippen molar-refractivity contribution in [1.29, 1.82) is 0 Å². The van der Waals surface area contributed by atoms with Gasteiger partial charge in [-0.05, 0) is 26.2 Å². The third-order valence-electron chi connectivity index (χ3n) is 5.77. The summed E-state index contributed by atoms with van der Waals surface area (Å²) >= 11 is 0. The number of hydrogen-bond acceptors (Lipinski definition) is 4. The van der Waals surface area contributed by atoms with Crippen LogP contribution in [0.3, 0.4) is 0 Å². The number of guanidine groups is 1. The molecule has 1 saturated carbocycles. The molecule has 0 radical (unpaired) electrons. The molecule has 1 aliphatic carbocycles. The molecule has 2 aliphatic rings. The molecule has 2 N–H and O–H groups in total. The summed E-state index contributed by atoms with van der Waals surface area (Å²) in [6, 6.07) is 0.722. The van der Waals surface area contributed by atoms with Gasteiger partial charge >= 0.3 is 0 Å². The predicted octanol–water partition coefficient (Wildman–Crippen LogP) is 2.13. The number of aliphatic imine (C=N–C) groups is 1. The zero-order chi connectivity index (χ0) is 18.6. The monoisotopic (exact) mass is 362 g/mol. The highest BCUT2D eigenvalue weighted by Gasteiger charge is 2.49. The molecule has 26 heavy (non-hydrogen) atoms. The topological polar surface area (TPSA) is 76.4 Å². The second kappa shape index (κ2) is 8.37. The average Bonchev–Trinajstić information content (AvgIpc) is 3.08. The molecule has 0 saturated heterocycles. The van der Waals surface area contributed by atoms with E-state index >= 15 is 0 Å². The Kier molecular flexibility index (Phi) is 6.16. The second-order valence-corrected chi connectivity index (χ2v) is 8.03. The van der Waals surface area contributed by atoms with Crippen LogP contribution in [0.25, 0.3) is 0 Å². The van der Waals surface area contributed by atoms with Crippen LogP contribution in [0, 0.1) is 5.41 Å². The van der Waals surface area contributed by atoms with Gasteiger partial charge in [0, 0.05) is 37.1 Å². The quantitative estimate of drug-likeness (QED) is 0.441. The molecule has 1 fully saturated rings. The molecule has 0 spiro atoms. The highest BCUT2D eigenvalue weighted by Crippen LogP contribution is 2.42. The number of aryl methyl sites for hydroxylation is 1. The molecule has 3 unspecified atom stereocenters. The fourth-order valence-corrected chi connectivity index (χ4v) is 3.79. The Balaban J connectivity index is 1.52. The largest absolute Gasteiger partial charge is 0.378 e. The van der Waals surface area contributed by atoms with Crippen LogP contribution in [0.4, 0.5) is 0 Å². The van der Waals surface area contributed by atoms with Crippen molar-refractivity contribution in [3.63, 3.8) is 0 Å². The van der Waals surface area contributed by atoms with Gasteiger partial charge in [0.1, 0.15) is 12.2 Å². The smallest absolute Gasteiger partial charge is 0.191 e. The standard InChI is InChI=1S/C19H34N6O/c1-5-7-10-26-16-11-15(19(16,3)4)24-18(20-6-2)23-14-8-9-17-21-13-22-25(17)12-14/h13-16H,5-12H2,1-4H3,(H2,20,23,24). The number of hydrogen-bond donors (Lipinski definition) is 2.